The number of benzene rings is 1. The zero-order chi connectivity index (χ0) is 15.1. The average molecular weight is 303 g/mol. The van der Waals surface area contributed by atoms with Gasteiger partial charge in [-0.2, -0.15) is 0 Å². The van der Waals surface area contributed by atoms with Crippen molar-refractivity contribution in [3.63, 3.8) is 0 Å². The molecule has 0 aromatic heterocycles. The van der Waals surface area contributed by atoms with Crippen LogP contribution < -0.4 is 10.1 Å². The smallest absolute Gasteiger partial charge is 0.406 e. The molecule has 2 rings (SSSR count). The molecule has 1 N–H and O–H groups in total. The molecule has 0 heterocycles. The maximum atomic E-state index is 12.0. The summed E-state index contributed by atoms with van der Waals surface area (Å²) in [5.41, 5.74) is 0.920. The third kappa shape index (κ3) is 7.34. The van der Waals surface area contributed by atoms with Crippen molar-refractivity contribution >= 4 is 0 Å². The molecule has 0 atom stereocenters. The molecule has 0 amide bonds. The largest absolute Gasteiger partial charge is 0.573 e. The molecular formula is C15H20F3NO2. The van der Waals surface area contributed by atoms with Crippen LogP contribution in [0.15, 0.2) is 24.3 Å². The Bertz CT molecular complexity index is 416. The number of hydrogen-bond donors (Lipinski definition) is 1. The lowest BCUT2D eigenvalue weighted by Crippen LogP contribution is -2.18. The normalized spacial score (nSPS) is 15.2. The van der Waals surface area contributed by atoms with Crippen LogP contribution in [0.1, 0.15) is 24.8 Å². The SMILES string of the molecule is FC(F)(F)Oc1ccc(CNCCCOCC2CC2)cc1. The lowest BCUT2D eigenvalue weighted by Gasteiger charge is -2.09. The Balaban J connectivity index is 1.55. The minimum Gasteiger partial charge on any atom is -0.406 e. The molecule has 0 radical (unpaired) electrons. The zero-order valence-corrected chi connectivity index (χ0v) is 11.8. The molecule has 1 aromatic carbocycles. The molecule has 0 aliphatic heterocycles. The van der Waals surface area contributed by atoms with Crippen LogP contribution in [0.25, 0.3) is 0 Å². The van der Waals surface area contributed by atoms with Gasteiger partial charge in [0.1, 0.15) is 5.75 Å². The van der Waals surface area contributed by atoms with Gasteiger partial charge in [0.25, 0.3) is 0 Å². The average Bonchev–Trinajstić information content (AvgIpc) is 3.22. The Morgan fingerprint density at radius 3 is 2.48 bits per heavy atom. The summed E-state index contributed by atoms with van der Waals surface area (Å²) in [6.07, 6.45) is -1.11. The van der Waals surface area contributed by atoms with Gasteiger partial charge >= 0.3 is 6.36 Å². The molecule has 0 spiro atoms. The lowest BCUT2D eigenvalue weighted by atomic mass is 10.2. The molecule has 1 aromatic rings. The van der Waals surface area contributed by atoms with E-state index in [1.165, 1.54) is 25.0 Å². The van der Waals surface area contributed by atoms with Crippen molar-refractivity contribution in [2.24, 2.45) is 5.92 Å². The van der Waals surface area contributed by atoms with Gasteiger partial charge in [-0.1, -0.05) is 12.1 Å². The fraction of sp³-hybridized carbons (Fsp3) is 0.600. The number of nitrogens with one attached hydrogen (secondary N) is 1. The van der Waals surface area contributed by atoms with Gasteiger partial charge in [-0.25, -0.2) is 0 Å². The zero-order valence-electron chi connectivity index (χ0n) is 11.8. The highest BCUT2D eigenvalue weighted by Gasteiger charge is 2.30. The van der Waals surface area contributed by atoms with Crippen molar-refractivity contribution < 1.29 is 22.6 Å². The molecule has 0 bridgehead atoms. The fourth-order valence-electron chi connectivity index (χ4n) is 1.88. The highest BCUT2D eigenvalue weighted by Crippen LogP contribution is 2.28. The number of ether oxygens (including phenoxy) is 2. The second kappa shape index (κ2) is 7.66. The highest BCUT2D eigenvalue weighted by atomic mass is 19.4. The highest BCUT2D eigenvalue weighted by molar-refractivity contribution is 5.27. The van der Waals surface area contributed by atoms with E-state index in [0.29, 0.717) is 6.54 Å². The quantitative estimate of drug-likeness (QED) is 0.708. The van der Waals surface area contributed by atoms with Crippen LogP contribution in [0.2, 0.25) is 0 Å². The molecule has 1 aliphatic carbocycles. The fourth-order valence-corrected chi connectivity index (χ4v) is 1.88. The maximum absolute atomic E-state index is 12.0. The lowest BCUT2D eigenvalue weighted by molar-refractivity contribution is -0.274. The van der Waals surface area contributed by atoms with E-state index in [0.717, 1.165) is 37.7 Å². The van der Waals surface area contributed by atoms with E-state index in [1.807, 2.05) is 0 Å². The van der Waals surface area contributed by atoms with Crippen molar-refractivity contribution in [2.45, 2.75) is 32.2 Å². The van der Waals surface area contributed by atoms with Crippen LogP contribution in [0.3, 0.4) is 0 Å². The second-order valence-electron chi connectivity index (χ2n) is 5.24. The van der Waals surface area contributed by atoms with E-state index in [2.05, 4.69) is 10.1 Å². The van der Waals surface area contributed by atoms with E-state index >= 15 is 0 Å². The molecule has 118 valence electrons. The number of rotatable bonds is 9. The first-order valence-corrected chi connectivity index (χ1v) is 7.16. The summed E-state index contributed by atoms with van der Waals surface area (Å²) in [5, 5.41) is 3.23. The van der Waals surface area contributed by atoms with E-state index < -0.39 is 6.36 Å². The van der Waals surface area contributed by atoms with E-state index in [9.17, 15) is 13.2 Å². The summed E-state index contributed by atoms with van der Waals surface area (Å²) in [4.78, 5) is 0. The Morgan fingerprint density at radius 1 is 1.14 bits per heavy atom. The van der Waals surface area contributed by atoms with Crippen LogP contribution in [-0.2, 0) is 11.3 Å². The van der Waals surface area contributed by atoms with Crippen molar-refractivity contribution in [3.8, 4) is 5.75 Å². The summed E-state index contributed by atoms with van der Waals surface area (Å²) in [5.74, 6) is 0.593. The van der Waals surface area contributed by atoms with E-state index in [-0.39, 0.29) is 5.75 Å². The molecule has 1 fully saturated rings. The minimum absolute atomic E-state index is 0.195. The van der Waals surface area contributed by atoms with E-state index in [1.54, 1.807) is 12.1 Å². The monoisotopic (exact) mass is 303 g/mol. The van der Waals surface area contributed by atoms with Crippen LogP contribution in [0.4, 0.5) is 13.2 Å². The first-order chi connectivity index (χ1) is 10.0. The summed E-state index contributed by atoms with van der Waals surface area (Å²) in [6.45, 7) is 3.07. The van der Waals surface area contributed by atoms with Crippen molar-refractivity contribution in [1.82, 2.24) is 5.32 Å². The molecular weight excluding hydrogens is 283 g/mol. The number of hydrogen-bond acceptors (Lipinski definition) is 3. The van der Waals surface area contributed by atoms with Crippen LogP contribution in [-0.4, -0.2) is 26.1 Å². The van der Waals surface area contributed by atoms with Crippen LogP contribution >= 0.6 is 0 Å². The topological polar surface area (TPSA) is 30.5 Å². The van der Waals surface area contributed by atoms with Gasteiger partial charge < -0.3 is 14.8 Å². The molecule has 6 heteroatoms. The maximum Gasteiger partial charge on any atom is 0.573 e. The first kappa shape index (κ1) is 16.1. The summed E-state index contributed by atoms with van der Waals surface area (Å²) in [6, 6.07) is 5.89. The summed E-state index contributed by atoms with van der Waals surface area (Å²) >= 11 is 0. The minimum atomic E-state index is -4.64. The van der Waals surface area contributed by atoms with Crippen LogP contribution in [0, 0.1) is 5.92 Å². The van der Waals surface area contributed by atoms with E-state index in [4.69, 9.17) is 4.74 Å². The molecule has 0 unspecified atom stereocenters. The number of alkyl halides is 3. The van der Waals surface area contributed by atoms with Gasteiger partial charge in [0, 0.05) is 19.8 Å². The molecule has 1 saturated carbocycles. The predicted molar refractivity (Wildman–Crippen MR) is 73.0 cm³/mol. The van der Waals surface area contributed by atoms with Crippen LogP contribution in [0.5, 0.6) is 5.75 Å². The molecule has 0 saturated heterocycles. The summed E-state index contributed by atoms with van der Waals surface area (Å²) < 4.78 is 45.3. The number of halogens is 3. The third-order valence-corrected chi connectivity index (χ3v) is 3.18. The van der Waals surface area contributed by atoms with Gasteiger partial charge in [-0.05, 0) is 49.4 Å². The second-order valence-corrected chi connectivity index (χ2v) is 5.24. The molecule has 1 aliphatic rings. The Hall–Kier alpha value is -1.27. The van der Waals surface area contributed by atoms with Gasteiger partial charge in [0.2, 0.25) is 0 Å². The standard InChI is InChI=1S/C15H20F3NO2/c16-15(17,18)21-14-6-4-12(5-7-14)10-19-8-1-9-20-11-13-2-3-13/h4-7,13,19H,1-3,8-11H2. The van der Waals surface area contributed by atoms with Gasteiger partial charge in [-0.15, -0.1) is 13.2 Å². The van der Waals surface area contributed by atoms with Crippen molar-refractivity contribution in [1.29, 1.82) is 0 Å². The Morgan fingerprint density at radius 2 is 1.86 bits per heavy atom. The molecule has 3 nitrogen and oxygen atoms in total. The predicted octanol–water partition coefficient (Wildman–Crippen LogP) is 3.49. The van der Waals surface area contributed by atoms with Crippen molar-refractivity contribution in [2.75, 3.05) is 19.8 Å². The molecule has 21 heavy (non-hydrogen) atoms. The Kier molecular flexibility index (Phi) is 5.87. The van der Waals surface area contributed by atoms with Gasteiger partial charge in [-0.3, -0.25) is 0 Å². The first-order valence-electron chi connectivity index (χ1n) is 7.16. The third-order valence-electron chi connectivity index (χ3n) is 3.18. The Labute approximate surface area is 122 Å². The van der Waals surface area contributed by atoms with Gasteiger partial charge in [0.05, 0.1) is 0 Å². The summed E-state index contributed by atoms with van der Waals surface area (Å²) in [7, 11) is 0. The van der Waals surface area contributed by atoms with Gasteiger partial charge in [0.15, 0.2) is 0 Å². The van der Waals surface area contributed by atoms with Crippen molar-refractivity contribution in [3.05, 3.63) is 29.8 Å².